The number of hydrogen-bond donors (Lipinski definition) is 3. The number of nitro groups is 1. The van der Waals surface area contributed by atoms with Crippen LogP contribution in [0.1, 0.15) is 0 Å². The van der Waals surface area contributed by atoms with Gasteiger partial charge in [0.15, 0.2) is 0 Å². The van der Waals surface area contributed by atoms with Gasteiger partial charge in [0.05, 0.1) is 24.7 Å². The maximum Gasteiger partial charge on any atom is 0.329 e. The molecule has 0 amide bonds. The number of ether oxygens (including phenoxy) is 2. The van der Waals surface area contributed by atoms with Gasteiger partial charge in [0, 0.05) is 13.7 Å². The van der Waals surface area contributed by atoms with E-state index in [9.17, 15) is 10.1 Å². The van der Waals surface area contributed by atoms with E-state index in [4.69, 9.17) is 15.3 Å². The van der Waals surface area contributed by atoms with Crippen molar-refractivity contribution in [2.75, 3.05) is 44.2 Å². The second-order valence-electron chi connectivity index (χ2n) is 3.36. The van der Waals surface area contributed by atoms with Gasteiger partial charge in [0.1, 0.15) is 6.20 Å². The molecule has 1 rings (SSSR count). The molecule has 1 heterocycles. The van der Waals surface area contributed by atoms with Gasteiger partial charge in [0.2, 0.25) is 11.8 Å². The topological polar surface area (TPSA) is 137 Å². The van der Waals surface area contributed by atoms with Gasteiger partial charge in [-0.25, -0.2) is 10.8 Å². The van der Waals surface area contributed by atoms with E-state index in [2.05, 4.69) is 20.7 Å². The zero-order valence-electron chi connectivity index (χ0n) is 10.5. The Morgan fingerprint density at radius 1 is 1.47 bits per heavy atom. The van der Waals surface area contributed by atoms with Gasteiger partial charge < -0.3 is 14.8 Å². The van der Waals surface area contributed by atoms with Gasteiger partial charge >= 0.3 is 5.69 Å². The Balaban J connectivity index is 2.52. The third-order valence-corrected chi connectivity index (χ3v) is 2.07. The fourth-order valence-corrected chi connectivity index (χ4v) is 1.19. The highest BCUT2D eigenvalue weighted by molar-refractivity contribution is 5.56. The van der Waals surface area contributed by atoms with E-state index in [1.807, 2.05) is 0 Å². The Hall–Kier alpha value is -2.04. The molecule has 19 heavy (non-hydrogen) atoms. The summed E-state index contributed by atoms with van der Waals surface area (Å²) in [5, 5.41) is 13.6. The van der Waals surface area contributed by atoms with Crippen LogP contribution < -0.4 is 16.6 Å². The average molecular weight is 272 g/mol. The van der Waals surface area contributed by atoms with Crippen molar-refractivity contribution in [3.8, 4) is 0 Å². The van der Waals surface area contributed by atoms with Crippen LogP contribution in [0.4, 0.5) is 17.5 Å². The van der Waals surface area contributed by atoms with E-state index < -0.39 is 4.92 Å². The van der Waals surface area contributed by atoms with Crippen molar-refractivity contribution in [3.63, 3.8) is 0 Å². The first-order valence-corrected chi connectivity index (χ1v) is 5.47. The Morgan fingerprint density at radius 3 is 2.89 bits per heavy atom. The molecule has 10 nitrogen and oxygen atoms in total. The minimum atomic E-state index is -0.575. The molecular weight excluding hydrogens is 256 g/mol. The molecular formula is C9H16N6O4. The fourth-order valence-electron chi connectivity index (χ4n) is 1.19. The van der Waals surface area contributed by atoms with Crippen molar-refractivity contribution >= 4 is 17.5 Å². The van der Waals surface area contributed by atoms with E-state index in [0.717, 1.165) is 6.20 Å². The van der Waals surface area contributed by atoms with Crippen molar-refractivity contribution in [1.29, 1.82) is 0 Å². The lowest BCUT2D eigenvalue weighted by atomic mass is 10.4. The molecule has 1 aromatic rings. The van der Waals surface area contributed by atoms with Crippen LogP contribution in [0.3, 0.4) is 0 Å². The summed E-state index contributed by atoms with van der Waals surface area (Å²) in [6, 6.07) is 0. The summed E-state index contributed by atoms with van der Waals surface area (Å²) in [5.74, 6) is 5.32. The molecule has 0 aliphatic heterocycles. The van der Waals surface area contributed by atoms with Crippen LogP contribution in [0.2, 0.25) is 0 Å². The Morgan fingerprint density at radius 2 is 2.26 bits per heavy atom. The number of nitrogens with zero attached hydrogens (tertiary/aromatic N) is 3. The van der Waals surface area contributed by atoms with Crippen molar-refractivity contribution in [2.24, 2.45) is 5.84 Å². The summed E-state index contributed by atoms with van der Waals surface area (Å²) in [6.07, 6.45) is 1.08. The number of hydrogen-bond acceptors (Lipinski definition) is 9. The molecule has 0 unspecified atom stereocenters. The summed E-state index contributed by atoms with van der Waals surface area (Å²) < 4.78 is 10.0. The molecule has 0 aromatic carbocycles. The van der Waals surface area contributed by atoms with E-state index in [-0.39, 0.29) is 17.5 Å². The van der Waals surface area contributed by atoms with Gasteiger partial charge in [-0.15, -0.1) is 0 Å². The zero-order valence-corrected chi connectivity index (χ0v) is 10.5. The number of anilines is 2. The van der Waals surface area contributed by atoms with Crippen molar-refractivity contribution in [3.05, 3.63) is 16.3 Å². The number of methoxy groups -OCH3 is 1. The number of nitrogen functional groups attached to an aromatic ring is 1. The molecule has 0 saturated carbocycles. The highest BCUT2D eigenvalue weighted by Crippen LogP contribution is 2.21. The number of rotatable bonds is 9. The molecule has 0 atom stereocenters. The van der Waals surface area contributed by atoms with E-state index >= 15 is 0 Å². The first kappa shape index (κ1) is 15.0. The monoisotopic (exact) mass is 272 g/mol. The first-order valence-electron chi connectivity index (χ1n) is 5.47. The van der Waals surface area contributed by atoms with Gasteiger partial charge in [-0.1, -0.05) is 0 Å². The zero-order chi connectivity index (χ0) is 14.1. The lowest BCUT2D eigenvalue weighted by Crippen LogP contribution is -2.16. The second kappa shape index (κ2) is 8.13. The van der Waals surface area contributed by atoms with Crippen molar-refractivity contribution in [2.45, 2.75) is 0 Å². The number of nitrogens with one attached hydrogen (secondary N) is 2. The van der Waals surface area contributed by atoms with Gasteiger partial charge in [-0.05, 0) is 0 Å². The Kier molecular flexibility index (Phi) is 6.43. The molecule has 0 aliphatic carbocycles. The van der Waals surface area contributed by atoms with Crippen LogP contribution in [-0.4, -0.2) is 48.4 Å². The SMILES string of the molecule is COCCOCCNc1nc(NN)ncc1[N+](=O)[O-]. The van der Waals surface area contributed by atoms with Crippen LogP contribution in [0, 0.1) is 10.1 Å². The normalized spacial score (nSPS) is 10.2. The molecule has 0 aliphatic rings. The van der Waals surface area contributed by atoms with E-state index in [0.29, 0.717) is 26.4 Å². The molecule has 0 fully saturated rings. The summed E-state index contributed by atoms with van der Waals surface area (Å²) in [4.78, 5) is 17.7. The van der Waals surface area contributed by atoms with Crippen LogP contribution in [0.15, 0.2) is 6.20 Å². The van der Waals surface area contributed by atoms with E-state index in [1.54, 1.807) is 7.11 Å². The highest BCUT2D eigenvalue weighted by atomic mass is 16.6. The second-order valence-corrected chi connectivity index (χ2v) is 3.36. The Labute approximate surface area is 109 Å². The number of aromatic nitrogens is 2. The lowest BCUT2D eigenvalue weighted by molar-refractivity contribution is -0.384. The standard InChI is InChI=1S/C9H16N6O4/c1-18-4-5-19-3-2-11-8-7(15(16)17)6-12-9(13-8)14-10/h6H,2-5,10H2,1H3,(H2,11,12,13,14). The molecule has 1 aromatic heterocycles. The smallest absolute Gasteiger partial charge is 0.329 e. The maximum atomic E-state index is 10.8. The minimum absolute atomic E-state index is 0.0864. The van der Waals surface area contributed by atoms with Crippen LogP contribution >= 0.6 is 0 Å². The molecule has 4 N–H and O–H groups in total. The van der Waals surface area contributed by atoms with Crippen molar-refractivity contribution in [1.82, 2.24) is 9.97 Å². The van der Waals surface area contributed by atoms with Gasteiger partial charge in [-0.3, -0.25) is 15.5 Å². The third-order valence-electron chi connectivity index (χ3n) is 2.07. The quantitative estimate of drug-likeness (QED) is 0.240. The highest BCUT2D eigenvalue weighted by Gasteiger charge is 2.16. The first-order chi connectivity index (χ1) is 9.19. The predicted molar refractivity (Wildman–Crippen MR) is 67.7 cm³/mol. The van der Waals surface area contributed by atoms with Crippen molar-refractivity contribution < 1.29 is 14.4 Å². The predicted octanol–water partition coefficient (Wildman–Crippen LogP) is -0.255. The molecule has 10 heteroatoms. The van der Waals surface area contributed by atoms with E-state index in [1.165, 1.54) is 0 Å². The van der Waals surface area contributed by atoms with Crippen LogP contribution in [0.25, 0.3) is 0 Å². The molecule has 0 bridgehead atoms. The lowest BCUT2D eigenvalue weighted by Gasteiger charge is -2.07. The summed E-state index contributed by atoms with van der Waals surface area (Å²) in [7, 11) is 1.58. The van der Waals surface area contributed by atoms with Crippen LogP contribution in [-0.2, 0) is 9.47 Å². The van der Waals surface area contributed by atoms with Crippen LogP contribution in [0.5, 0.6) is 0 Å². The molecule has 0 radical (unpaired) electrons. The Bertz CT molecular complexity index is 416. The van der Waals surface area contributed by atoms with Gasteiger partial charge in [-0.2, -0.15) is 4.98 Å². The largest absolute Gasteiger partial charge is 0.382 e. The molecule has 106 valence electrons. The maximum absolute atomic E-state index is 10.8. The molecule has 0 saturated heterocycles. The number of hydrazine groups is 1. The van der Waals surface area contributed by atoms with Gasteiger partial charge in [0.25, 0.3) is 0 Å². The summed E-state index contributed by atoms with van der Waals surface area (Å²) in [5.41, 5.74) is 1.99. The minimum Gasteiger partial charge on any atom is -0.382 e. The third kappa shape index (κ3) is 4.99. The summed E-state index contributed by atoms with van der Waals surface area (Å²) in [6.45, 7) is 1.69. The summed E-state index contributed by atoms with van der Waals surface area (Å²) >= 11 is 0. The number of nitrogens with two attached hydrogens (primary N) is 1. The average Bonchev–Trinajstić information content (AvgIpc) is 2.42. The fraction of sp³-hybridized carbons (Fsp3) is 0.556. The molecule has 0 spiro atoms.